The van der Waals surface area contributed by atoms with Crippen molar-refractivity contribution in [1.29, 1.82) is 0 Å². The van der Waals surface area contributed by atoms with Gasteiger partial charge in [-0.2, -0.15) is 11.8 Å². The highest BCUT2D eigenvalue weighted by Gasteiger charge is 2.15. The van der Waals surface area contributed by atoms with Gasteiger partial charge in [0, 0.05) is 24.6 Å². The van der Waals surface area contributed by atoms with E-state index in [2.05, 4.69) is 19.9 Å². The maximum Gasteiger partial charge on any atom is 0.188 e. The number of H-pyrrole nitrogens is 1. The topological polar surface area (TPSA) is 44.8 Å². The van der Waals surface area contributed by atoms with Gasteiger partial charge < -0.3 is 9.88 Å². The fourth-order valence-electron chi connectivity index (χ4n) is 1.65. The Labute approximate surface area is 106 Å². The van der Waals surface area contributed by atoms with Crippen molar-refractivity contribution in [3.8, 4) is 0 Å². The molecule has 1 N–H and O–H groups in total. The number of nitrogens with zero attached hydrogens (tertiary/aromatic N) is 3. The molecule has 0 bridgehead atoms. The van der Waals surface area contributed by atoms with Crippen LogP contribution in [0.5, 0.6) is 0 Å². The van der Waals surface area contributed by atoms with Crippen molar-refractivity contribution < 1.29 is 0 Å². The van der Waals surface area contributed by atoms with E-state index in [0.717, 1.165) is 28.6 Å². The Morgan fingerprint density at radius 3 is 2.94 bits per heavy atom. The smallest absolute Gasteiger partial charge is 0.188 e. The molecule has 0 amide bonds. The summed E-state index contributed by atoms with van der Waals surface area (Å²) in [5.41, 5.74) is 0.859. The van der Waals surface area contributed by atoms with Crippen LogP contribution in [0.3, 0.4) is 0 Å². The van der Waals surface area contributed by atoms with Crippen molar-refractivity contribution in [2.75, 3.05) is 29.5 Å². The second-order valence-electron chi connectivity index (χ2n) is 3.48. The number of aromatic nitrogens is 3. The van der Waals surface area contributed by atoms with E-state index in [9.17, 15) is 0 Å². The number of nitrogens with one attached hydrogen (secondary N) is 1. The van der Waals surface area contributed by atoms with Crippen LogP contribution in [-0.4, -0.2) is 39.5 Å². The van der Waals surface area contributed by atoms with E-state index in [1.807, 2.05) is 11.8 Å². The molecule has 3 rings (SSSR count). The van der Waals surface area contributed by atoms with E-state index in [0.29, 0.717) is 4.64 Å². The summed E-state index contributed by atoms with van der Waals surface area (Å²) in [4.78, 5) is 14.0. The molecule has 1 fully saturated rings. The summed E-state index contributed by atoms with van der Waals surface area (Å²) in [5.74, 6) is 2.36. The van der Waals surface area contributed by atoms with Crippen LogP contribution in [-0.2, 0) is 0 Å². The number of rotatable bonds is 1. The van der Waals surface area contributed by atoms with Gasteiger partial charge in [-0.25, -0.2) is 9.97 Å². The predicted molar refractivity (Wildman–Crippen MR) is 72.1 cm³/mol. The summed E-state index contributed by atoms with van der Waals surface area (Å²) in [6.07, 6.45) is 1.61. The highest BCUT2D eigenvalue weighted by molar-refractivity contribution is 7.99. The number of hydrogen-bond acceptors (Lipinski definition) is 6. The van der Waals surface area contributed by atoms with Gasteiger partial charge in [-0.1, -0.05) is 23.6 Å². The van der Waals surface area contributed by atoms with E-state index >= 15 is 0 Å². The molecule has 1 saturated heterocycles. The van der Waals surface area contributed by atoms with Crippen molar-refractivity contribution >= 4 is 50.8 Å². The fourth-order valence-corrected chi connectivity index (χ4v) is 3.80. The minimum absolute atomic E-state index is 0.642. The van der Waals surface area contributed by atoms with Crippen molar-refractivity contribution in [2.24, 2.45) is 0 Å². The molecule has 84 valence electrons. The van der Waals surface area contributed by atoms with Crippen LogP contribution < -0.4 is 4.90 Å². The number of aromatic amines is 1. The summed E-state index contributed by atoms with van der Waals surface area (Å²) in [6.45, 7) is 2.15. The standard InChI is InChI=1S/C9H10N4S3/c14-8-6-7(10-5-11-8)12-9(16-6)13-1-3-15-4-2-13/h5H,1-4H2,(H,10,11,14). The van der Waals surface area contributed by atoms with E-state index < -0.39 is 0 Å². The third-order valence-electron chi connectivity index (χ3n) is 2.47. The molecule has 4 nitrogen and oxygen atoms in total. The highest BCUT2D eigenvalue weighted by Crippen LogP contribution is 2.29. The van der Waals surface area contributed by atoms with Crippen molar-refractivity contribution in [3.63, 3.8) is 0 Å². The molecule has 1 aliphatic rings. The van der Waals surface area contributed by atoms with Gasteiger partial charge in [0.05, 0.1) is 6.33 Å². The van der Waals surface area contributed by atoms with E-state index in [1.165, 1.54) is 11.5 Å². The zero-order valence-corrected chi connectivity index (χ0v) is 10.9. The number of anilines is 1. The average Bonchev–Trinajstić information content (AvgIpc) is 2.76. The highest BCUT2D eigenvalue weighted by atomic mass is 32.2. The van der Waals surface area contributed by atoms with E-state index in [1.54, 1.807) is 17.7 Å². The molecular formula is C9H10N4S3. The van der Waals surface area contributed by atoms with E-state index in [4.69, 9.17) is 12.2 Å². The van der Waals surface area contributed by atoms with Crippen LogP contribution in [0.15, 0.2) is 6.33 Å². The van der Waals surface area contributed by atoms with Crippen LogP contribution in [0.4, 0.5) is 5.13 Å². The lowest BCUT2D eigenvalue weighted by molar-refractivity contribution is 0.854. The fraction of sp³-hybridized carbons (Fsp3) is 0.444. The molecule has 1 aliphatic heterocycles. The Balaban J connectivity index is 2.04. The first kappa shape index (κ1) is 10.5. The summed E-state index contributed by atoms with van der Waals surface area (Å²) >= 11 is 8.82. The minimum atomic E-state index is 0.642. The Kier molecular flexibility index (Phi) is 2.82. The molecule has 0 atom stereocenters. The van der Waals surface area contributed by atoms with Gasteiger partial charge >= 0.3 is 0 Å². The van der Waals surface area contributed by atoms with Crippen LogP contribution in [0.2, 0.25) is 0 Å². The largest absolute Gasteiger partial charge is 0.346 e. The number of thiazole rings is 1. The van der Waals surface area contributed by atoms with Crippen LogP contribution in [0.1, 0.15) is 0 Å². The molecule has 2 aromatic heterocycles. The van der Waals surface area contributed by atoms with E-state index in [-0.39, 0.29) is 0 Å². The van der Waals surface area contributed by atoms with Gasteiger partial charge in [0.15, 0.2) is 10.8 Å². The van der Waals surface area contributed by atoms with Gasteiger partial charge in [-0.15, -0.1) is 0 Å². The lowest BCUT2D eigenvalue weighted by Crippen LogP contribution is -2.32. The summed E-state index contributed by atoms with van der Waals surface area (Å²) < 4.78 is 1.63. The zero-order chi connectivity index (χ0) is 11.0. The molecule has 0 unspecified atom stereocenters. The number of thioether (sulfide) groups is 1. The molecule has 0 saturated carbocycles. The Morgan fingerprint density at radius 2 is 2.19 bits per heavy atom. The third kappa shape index (κ3) is 1.83. The molecule has 3 heterocycles. The second-order valence-corrected chi connectivity index (χ2v) is 6.07. The Hall–Kier alpha value is -0.660. The second kappa shape index (κ2) is 4.31. The first-order chi connectivity index (χ1) is 7.84. The Bertz CT molecular complexity index is 555. The maximum atomic E-state index is 5.19. The quantitative estimate of drug-likeness (QED) is 0.806. The van der Waals surface area contributed by atoms with Gasteiger partial charge in [0.25, 0.3) is 0 Å². The molecule has 0 spiro atoms. The summed E-state index contributed by atoms with van der Waals surface area (Å²) in [6, 6.07) is 0. The lowest BCUT2D eigenvalue weighted by Gasteiger charge is -2.25. The number of hydrogen-bond donors (Lipinski definition) is 1. The van der Waals surface area contributed by atoms with Crippen molar-refractivity contribution in [2.45, 2.75) is 0 Å². The van der Waals surface area contributed by atoms with Gasteiger partial charge in [-0.3, -0.25) is 0 Å². The molecule has 16 heavy (non-hydrogen) atoms. The summed E-state index contributed by atoms with van der Waals surface area (Å²) in [5, 5.41) is 1.06. The molecule has 0 radical (unpaired) electrons. The van der Waals surface area contributed by atoms with Crippen molar-refractivity contribution in [3.05, 3.63) is 11.0 Å². The zero-order valence-electron chi connectivity index (χ0n) is 8.47. The molecular weight excluding hydrogens is 260 g/mol. The first-order valence-electron chi connectivity index (χ1n) is 5.01. The van der Waals surface area contributed by atoms with Gasteiger partial charge in [0.2, 0.25) is 0 Å². The molecule has 0 aliphatic carbocycles. The molecule has 0 aromatic carbocycles. The van der Waals surface area contributed by atoms with Gasteiger partial charge in [0.1, 0.15) is 9.34 Å². The van der Waals surface area contributed by atoms with Crippen LogP contribution >= 0.6 is 35.3 Å². The average molecular weight is 270 g/mol. The van der Waals surface area contributed by atoms with Crippen molar-refractivity contribution in [1.82, 2.24) is 15.0 Å². The summed E-state index contributed by atoms with van der Waals surface area (Å²) in [7, 11) is 0. The predicted octanol–water partition coefficient (Wildman–Crippen LogP) is 2.30. The molecule has 2 aromatic rings. The van der Waals surface area contributed by atoms with Crippen LogP contribution in [0.25, 0.3) is 10.3 Å². The monoisotopic (exact) mass is 270 g/mol. The SMILES string of the molecule is S=c1nc[nH]c2nc(N3CCSCC3)sc12. The molecule has 7 heteroatoms. The normalized spacial score (nSPS) is 16.9. The lowest BCUT2D eigenvalue weighted by atomic mass is 10.5. The van der Waals surface area contributed by atoms with Gasteiger partial charge in [-0.05, 0) is 0 Å². The Morgan fingerprint density at radius 1 is 1.38 bits per heavy atom. The van der Waals surface area contributed by atoms with Crippen LogP contribution in [0, 0.1) is 4.64 Å². The first-order valence-corrected chi connectivity index (χ1v) is 7.39. The minimum Gasteiger partial charge on any atom is -0.346 e. The third-order valence-corrected chi connectivity index (χ3v) is 4.98. The number of fused-ring (bicyclic) bond motifs is 1. The maximum absolute atomic E-state index is 5.19.